The molecule has 0 aliphatic rings. The zero-order chi connectivity index (χ0) is 16.6. The lowest BCUT2D eigenvalue weighted by molar-refractivity contribution is 0.0943. The molecule has 6 heteroatoms. The van der Waals surface area contributed by atoms with Crippen molar-refractivity contribution in [3.8, 4) is 0 Å². The van der Waals surface area contributed by atoms with Gasteiger partial charge in [0.1, 0.15) is 11.5 Å². The molecule has 122 valence electrons. The number of amides is 1. The van der Waals surface area contributed by atoms with Crippen LogP contribution in [0.25, 0.3) is 0 Å². The van der Waals surface area contributed by atoms with Crippen LogP contribution in [0.4, 0.5) is 5.95 Å². The lowest BCUT2D eigenvalue weighted by Gasteiger charge is -2.07. The Morgan fingerprint density at radius 2 is 1.96 bits per heavy atom. The summed E-state index contributed by atoms with van der Waals surface area (Å²) in [7, 11) is 0. The quantitative estimate of drug-likeness (QED) is 0.699. The van der Waals surface area contributed by atoms with Gasteiger partial charge in [-0.2, -0.15) is 0 Å². The van der Waals surface area contributed by atoms with Crippen molar-refractivity contribution in [3.05, 3.63) is 78.0 Å². The number of rotatable bonds is 7. The number of nitrogens with zero attached hydrogens (tertiary/aromatic N) is 2. The second kappa shape index (κ2) is 7.92. The minimum Gasteiger partial charge on any atom is -0.467 e. The Labute approximate surface area is 140 Å². The summed E-state index contributed by atoms with van der Waals surface area (Å²) >= 11 is 0. The highest BCUT2D eigenvalue weighted by Gasteiger charge is 2.09. The van der Waals surface area contributed by atoms with E-state index in [1.165, 1.54) is 5.56 Å². The Morgan fingerprint density at radius 3 is 2.75 bits per heavy atom. The Hall–Kier alpha value is -3.15. The first-order valence-corrected chi connectivity index (χ1v) is 7.73. The maximum Gasteiger partial charge on any atom is 0.270 e. The monoisotopic (exact) mass is 322 g/mol. The number of benzene rings is 1. The molecule has 0 radical (unpaired) electrons. The van der Waals surface area contributed by atoms with E-state index < -0.39 is 0 Å². The van der Waals surface area contributed by atoms with Gasteiger partial charge in [-0.3, -0.25) is 4.79 Å². The number of anilines is 1. The fourth-order valence-electron chi connectivity index (χ4n) is 2.20. The van der Waals surface area contributed by atoms with Crippen molar-refractivity contribution in [1.29, 1.82) is 0 Å². The van der Waals surface area contributed by atoms with Crippen LogP contribution in [0.1, 0.15) is 21.8 Å². The normalized spacial score (nSPS) is 10.3. The molecule has 2 N–H and O–H groups in total. The smallest absolute Gasteiger partial charge is 0.270 e. The van der Waals surface area contributed by atoms with Gasteiger partial charge in [-0.25, -0.2) is 9.97 Å². The minimum absolute atomic E-state index is 0.264. The fraction of sp³-hybridized carbons (Fsp3) is 0.167. The van der Waals surface area contributed by atoms with Gasteiger partial charge in [0.25, 0.3) is 5.91 Å². The van der Waals surface area contributed by atoms with Crippen molar-refractivity contribution in [3.63, 3.8) is 0 Å². The van der Waals surface area contributed by atoms with Crippen LogP contribution in [-0.4, -0.2) is 22.4 Å². The molecule has 0 spiro atoms. The second-order valence-corrected chi connectivity index (χ2v) is 5.19. The molecule has 3 aromatic rings. The number of carbonyl (C=O) groups is 1. The first kappa shape index (κ1) is 15.7. The highest BCUT2D eigenvalue weighted by Crippen LogP contribution is 2.04. The van der Waals surface area contributed by atoms with Crippen LogP contribution >= 0.6 is 0 Å². The van der Waals surface area contributed by atoms with Gasteiger partial charge in [-0.15, -0.1) is 0 Å². The molecule has 6 nitrogen and oxygen atoms in total. The summed E-state index contributed by atoms with van der Waals surface area (Å²) in [4.78, 5) is 20.5. The number of carbonyl (C=O) groups excluding carboxylic acids is 1. The molecule has 0 fully saturated rings. The van der Waals surface area contributed by atoms with Crippen molar-refractivity contribution < 1.29 is 9.21 Å². The summed E-state index contributed by atoms with van der Waals surface area (Å²) in [5.41, 5.74) is 1.55. The summed E-state index contributed by atoms with van der Waals surface area (Å²) < 4.78 is 5.18. The van der Waals surface area contributed by atoms with Crippen molar-refractivity contribution in [2.45, 2.75) is 13.0 Å². The molecule has 1 aromatic carbocycles. The van der Waals surface area contributed by atoms with Crippen molar-refractivity contribution >= 4 is 11.9 Å². The molecule has 1 amide bonds. The van der Waals surface area contributed by atoms with E-state index in [9.17, 15) is 4.79 Å². The predicted molar refractivity (Wildman–Crippen MR) is 90.5 cm³/mol. The van der Waals surface area contributed by atoms with E-state index in [0.29, 0.717) is 30.5 Å². The Kier molecular flexibility index (Phi) is 5.19. The van der Waals surface area contributed by atoms with E-state index in [1.807, 2.05) is 18.2 Å². The topological polar surface area (TPSA) is 80.0 Å². The minimum atomic E-state index is -0.264. The zero-order valence-electron chi connectivity index (χ0n) is 13.1. The largest absolute Gasteiger partial charge is 0.467 e. The molecule has 0 unspecified atom stereocenters. The highest BCUT2D eigenvalue weighted by atomic mass is 16.3. The Balaban J connectivity index is 1.52. The molecule has 2 aromatic heterocycles. The maximum absolute atomic E-state index is 12.1. The molecule has 3 rings (SSSR count). The average molecular weight is 322 g/mol. The predicted octanol–water partition coefficient (Wildman–Crippen LogP) is 2.65. The van der Waals surface area contributed by atoms with Crippen molar-refractivity contribution in [2.24, 2.45) is 0 Å². The van der Waals surface area contributed by atoms with Crippen LogP contribution in [0, 0.1) is 0 Å². The van der Waals surface area contributed by atoms with Gasteiger partial charge in [0.15, 0.2) is 0 Å². The third-order valence-electron chi connectivity index (χ3n) is 3.43. The number of hydrogen-bond acceptors (Lipinski definition) is 5. The first-order chi connectivity index (χ1) is 11.8. The summed E-state index contributed by atoms with van der Waals surface area (Å²) in [6.07, 6.45) is 4.00. The Morgan fingerprint density at radius 1 is 1.08 bits per heavy atom. The molecular weight excluding hydrogens is 304 g/mol. The lowest BCUT2D eigenvalue weighted by Crippen LogP contribution is -2.24. The molecule has 0 aliphatic heterocycles. The molecule has 24 heavy (non-hydrogen) atoms. The van der Waals surface area contributed by atoms with Gasteiger partial charge in [0.05, 0.1) is 12.8 Å². The highest BCUT2D eigenvalue weighted by molar-refractivity contribution is 5.92. The molecule has 0 saturated heterocycles. The molecule has 2 heterocycles. The molecule has 0 bridgehead atoms. The van der Waals surface area contributed by atoms with Gasteiger partial charge in [0.2, 0.25) is 5.95 Å². The first-order valence-electron chi connectivity index (χ1n) is 7.73. The summed E-state index contributed by atoms with van der Waals surface area (Å²) in [6.45, 7) is 1.02. The number of furan rings is 1. The van der Waals surface area contributed by atoms with Crippen LogP contribution < -0.4 is 10.6 Å². The van der Waals surface area contributed by atoms with Gasteiger partial charge in [-0.1, -0.05) is 30.3 Å². The molecular formula is C18H18N4O2. The van der Waals surface area contributed by atoms with Crippen molar-refractivity contribution in [2.75, 3.05) is 11.9 Å². The van der Waals surface area contributed by atoms with E-state index in [0.717, 1.165) is 6.42 Å². The number of hydrogen-bond donors (Lipinski definition) is 2. The van der Waals surface area contributed by atoms with Crippen LogP contribution in [0.5, 0.6) is 0 Å². The van der Waals surface area contributed by atoms with Crippen LogP contribution in [0.2, 0.25) is 0 Å². The van der Waals surface area contributed by atoms with E-state index in [4.69, 9.17) is 4.42 Å². The third kappa shape index (κ3) is 4.42. The van der Waals surface area contributed by atoms with Crippen LogP contribution in [0.15, 0.2) is 65.4 Å². The number of aromatic nitrogens is 2. The molecule has 0 saturated carbocycles. The fourth-order valence-corrected chi connectivity index (χ4v) is 2.20. The van der Waals surface area contributed by atoms with Crippen LogP contribution in [0.3, 0.4) is 0 Å². The average Bonchev–Trinajstić information content (AvgIpc) is 3.14. The summed E-state index contributed by atoms with van der Waals surface area (Å²) in [6, 6.07) is 15.3. The van der Waals surface area contributed by atoms with Crippen molar-refractivity contribution in [1.82, 2.24) is 15.3 Å². The third-order valence-corrected chi connectivity index (χ3v) is 3.43. The van der Waals surface area contributed by atoms with Gasteiger partial charge in [-0.05, 0) is 30.2 Å². The van der Waals surface area contributed by atoms with E-state index in [1.54, 1.807) is 30.7 Å². The van der Waals surface area contributed by atoms with Crippen LogP contribution in [-0.2, 0) is 13.0 Å². The standard InChI is InChI=1S/C18H18N4O2/c23-17(21-13-15-7-4-12-24-15)16-9-11-20-18(22-16)19-10-8-14-5-2-1-3-6-14/h1-7,9,11-12H,8,10,13H2,(H,21,23)(H,19,20,22). The summed E-state index contributed by atoms with van der Waals surface area (Å²) in [5, 5.41) is 5.90. The number of nitrogens with one attached hydrogen (secondary N) is 2. The maximum atomic E-state index is 12.1. The Bertz CT molecular complexity index is 773. The molecule has 0 aliphatic carbocycles. The second-order valence-electron chi connectivity index (χ2n) is 5.19. The lowest BCUT2D eigenvalue weighted by atomic mass is 10.1. The van der Waals surface area contributed by atoms with Gasteiger partial charge in [0, 0.05) is 12.7 Å². The van der Waals surface area contributed by atoms with Gasteiger partial charge >= 0.3 is 0 Å². The van der Waals surface area contributed by atoms with E-state index in [-0.39, 0.29) is 5.91 Å². The van der Waals surface area contributed by atoms with E-state index in [2.05, 4.69) is 32.7 Å². The SMILES string of the molecule is O=C(NCc1ccco1)c1ccnc(NCCc2ccccc2)n1. The summed E-state index contributed by atoms with van der Waals surface area (Å²) in [5.74, 6) is 0.870. The molecule has 0 atom stereocenters. The van der Waals surface area contributed by atoms with E-state index >= 15 is 0 Å². The zero-order valence-corrected chi connectivity index (χ0v) is 13.1. The van der Waals surface area contributed by atoms with Gasteiger partial charge < -0.3 is 15.1 Å².